The van der Waals surface area contributed by atoms with Crippen molar-refractivity contribution in [2.24, 2.45) is 5.92 Å². The monoisotopic (exact) mass is 533 g/mol. The van der Waals surface area contributed by atoms with Crippen molar-refractivity contribution < 1.29 is 9.90 Å². The second-order valence-corrected chi connectivity index (χ2v) is 7.60. The standard InChI is InChI=1S/C10H12O.C8H10.C6H12O.C4H10.4C2H6/c1-7(2)9-6-8(3)4-5-10(9)11;1-7-5-3-4-6-8(7)2;1-3-6(4-2)5-7;1-3-4-2;4*1-2/h4-6,11H,1H2,2-3H3;3-6H,1-2H3;5-6H,3-4H2,1-2H3;3-4H2,1-2H3;4*1-2H3. The summed E-state index contributed by atoms with van der Waals surface area (Å²) < 4.78 is 0. The van der Waals surface area contributed by atoms with E-state index < -0.39 is 0 Å². The van der Waals surface area contributed by atoms with Crippen LogP contribution in [0.4, 0.5) is 0 Å². The van der Waals surface area contributed by atoms with Gasteiger partial charge in [-0.1, -0.05) is 138 Å². The number of hydrogen-bond acceptors (Lipinski definition) is 2. The average Bonchev–Trinajstić information content (AvgIpc) is 2.97. The van der Waals surface area contributed by atoms with Crippen molar-refractivity contribution >= 4 is 11.9 Å². The van der Waals surface area contributed by atoms with E-state index in [2.05, 4.69) is 58.5 Å². The Morgan fingerprint density at radius 3 is 1.32 bits per heavy atom. The van der Waals surface area contributed by atoms with Gasteiger partial charge in [-0.05, 0) is 69.4 Å². The van der Waals surface area contributed by atoms with Gasteiger partial charge in [-0.3, -0.25) is 0 Å². The summed E-state index contributed by atoms with van der Waals surface area (Å²) in [7, 11) is 0. The molecule has 0 aliphatic carbocycles. The number of carbonyl (C=O) groups is 1. The Bertz CT molecular complexity index is 690. The molecule has 2 nitrogen and oxygen atoms in total. The summed E-state index contributed by atoms with van der Waals surface area (Å²) in [4.78, 5) is 9.97. The number of aryl methyl sites for hydroxylation is 3. The molecule has 0 spiro atoms. The highest BCUT2D eigenvalue weighted by molar-refractivity contribution is 5.67. The van der Waals surface area contributed by atoms with E-state index in [0.29, 0.717) is 11.7 Å². The number of phenols is 1. The molecule has 0 aromatic heterocycles. The van der Waals surface area contributed by atoms with Gasteiger partial charge in [-0.15, -0.1) is 0 Å². The van der Waals surface area contributed by atoms with E-state index in [9.17, 15) is 9.90 Å². The molecule has 0 saturated heterocycles. The van der Waals surface area contributed by atoms with Gasteiger partial charge in [0, 0.05) is 11.5 Å². The Morgan fingerprint density at radius 2 is 1.13 bits per heavy atom. The van der Waals surface area contributed by atoms with Crippen molar-refractivity contribution in [1.82, 2.24) is 0 Å². The first-order chi connectivity index (χ1) is 18.2. The van der Waals surface area contributed by atoms with Gasteiger partial charge in [0.25, 0.3) is 0 Å². The quantitative estimate of drug-likeness (QED) is 0.389. The number of hydrogen-bond donors (Lipinski definition) is 1. The van der Waals surface area contributed by atoms with Crippen molar-refractivity contribution in [2.75, 3.05) is 0 Å². The van der Waals surface area contributed by atoms with Crippen LogP contribution in [0.5, 0.6) is 5.75 Å². The van der Waals surface area contributed by atoms with Gasteiger partial charge >= 0.3 is 0 Å². The SMILES string of the molecule is C=C(C)c1cc(C)ccc1O.CC.CC.CC.CC.CCC(C=O)CC.CCCC.Cc1ccccc1C. The van der Waals surface area contributed by atoms with Gasteiger partial charge in [0.05, 0.1) is 0 Å². The maximum Gasteiger partial charge on any atom is 0.123 e. The molecule has 0 amide bonds. The molecule has 38 heavy (non-hydrogen) atoms. The summed E-state index contributed by atoms with van der Waals surface area (Å²) in [6, 6.07) is 13.9. The van der Waals surface area contributed by atoms with Crippen LogP contribution in [0.15, 0.2) is 49.0 Å². The predicted octanol–water partition coefficient (Wildman–Crippen LogP) is 12.6. The van der Waals surface area contributed by atoms with Gasteiger partial charge < -0.3 is 9.90 Å². The third-order valence-electron chi connectivity index (χ3n) is 4.78. The minimum Gasteiger partial charge on any atom is -0.507 e. The van der Waals surface area contributed by atoms with Crippen molar-refractivity contribution in [3.63, 3.8) is 0 Å². The van der Waals surface area contributed by atoms with E-state index in [-0.39, 0.29) is 0 Å². The molecule has 0 bridgehead atoms. The van der Waals surface area contributed by atoms with Gasteiger partial charge in [-0.25, -0.2) is 0 Å². The maximum absolute atomic E-state index is 9.97. The molecular weight excluding hydrogens is 464 g/mol. The molecule has 0 heterocycles. The zero-order valence-corrected chi connectivity index (χ0v) is 28.6. The summed E-state index contributed by atoms with van der Waals surface area (Å²) in [5.41, 5.74) is 5.61. The number of rotatable bonds is 5. The van der Waals surface area contributed by atoms with Crippen molar-refractivity contribution in [1.29, 1.82) is 0 Å². The Morgan fingerprint density at radius 1 is 0.763 bits per heavy atom. The van der Waals surface area contributed by atoms with Crippen LogP contribution in [0, 0.1) is 26.7 Å². The van der Waals surface area contributed by atoms with Crippen LogP contribution in [0.3, 0.4) is 0 Å². The lowest BCUT2D eigenvalue weighted by Crippen LogP contribution is -1.95. The summed E-state index contributed by atoms with van der Waals surface area (Å²) in [5, 5.41) is 9.34. The molecule has 2 aromatic carbocycles. The molecule has 0 saturated carbocycles. The van der Waals surface area contributed by atoms with Gasteiger partial charge in [0.15, 0.2) is 0 Å². The van der Waals surface area contributed by atoms with E-state index in [4.69, 9.17) is 0 Å². The second kappa shape index (κ2) is 41.8. The Labute approximate surface area is 241 Å². The van der Waals surface area contributed by atoms with Crippen LogP contribution in [-0.2, 0) is 4.79 Å². The Hall–Kier alpha value is -2.35. The lowest BCUT2D eigenvalue weighted by atomic mass is 10.1. The predicted molar refractivity (Wildman–Crippen MR) is 180 cm³/mol. The van der Waals surface area contributed by atoms with Crippen LogP contribution >= 0.6 is 0 Å². The molecule has 224 valence electrons. The first kappa shape index (κ1) is 48.7. The Balaban J connectivity index is -0.0000000854. The number of aromatic hydroxyl groups is 1. The molecular formula is C36H68O2. The molecule has 1 N–H and O–H groups in total. The first-order valence-corrected chi connectivity index (χ1v) is 15.1. The molecule has 0 atom stereocenters. The van der Waals surface area contributed by atoms with Crippen LogP contribution < -0.4 is 0 Å². The fourth-order valence-electron chi connectivity index (χ4n) is 2.14. The number of phenolic OH excluding ortho intramolecular Hbond substituents is 1. The highest BCUT2D eigenvalue weighted by Crippen LogP contribution is 2.24. The zero-order valence-electron chi connectivity index (χ0n) is 28.6. The summed E-state index contributed by atoms with van der Waals surface area (Å²) in [5.74, 6) is 0.614. The first-order valence-electron chi connectivity index (χ1n) is 15.1. The molecule has 2 rings (SSSR count). The molecule has 0 radical (unpaired) electrons. The fraction of sp³-hybridized carbons (Fsp3) is 0.583. The van der Waals surface area contributed by atoms with E-state index in [0.717, 1.165) is 35.8 Å². The van der Waals surface area contributed by atoms with Gasteiger partial charge in [0.2, 0.25) is 0 Å². The number of allylic oxidation sites excluding steroid dienone is 1. The fourth-order valence-corrected chi connectivity index (χ4v) is 2.14. The number of aldehydes is 1. The van der Waals surface area contributed by atoms with Crippen LogP contribution in [-0.4, -0.2) is 11.4 Å². The lowest BCUT2D eigenvalue weighted by molar-refractivity contribution is -0.111. The minimum atomic E-state index is 0.306. The summed E-state index contributed by atoms with van der Waals surface area (Å²) in [6.45, 7) is 36.3. The molecule has 0 aliphatic rings. The normalized spacial score (nSPS) is 7.92. The van der Waals surface area contributed by atoms with E-state index >= 15 is 0 Å². The van der Waals surface area contributed by atoms with E-state index in [1.165, 1.54) is 24.0 Å². The van der Waals surface area contributed by atoms with Crippen LogP contribution in [0.25, 0.3) is 5.57 Å². The molecule has 2 aromatic rings. The molecule has 0 fully saturated rings. The second-order valence-electron chi connectivity index (χ2n) is 7.60. The number of benzene rings is 2. The average molecular weight is 533 g/mol. The van der Waals surface area contributed by atoms with Crippen molar-refractivity contribution in [2.45, 2.75) is 136 Å². The Kier molecular flexibility index (Phi) is 53.5. The number of unbranched alkanes of at least 4 members (excludes halogenated alkanes) is 1. The molecule has 0 aliphatic heterocycles. The van der Waals surface area contributed by atoms with E-state index in [1.807, 2.05) is 95.2 Å². The molecule has 2 heteroatoms. The largest absolute Gasteiger partial charge is 0.507 e. The highest BCUT2D eigenvalue weighted by Gasteiger charge is 2.00. The lowest BCUT2D eigenvalue weighted by Gasteiger charge is -2.03. The topological polar surface area (TPSA) is 37.3 Å². The smallest absolute Gasteiger partial charge is 0.123 e. The molecule has 0 unspecified atom stereocenters. The van der Waals surface area contributed by atoms with Gasteiger partial charge in [0.1, 0.15) is 12.0 Å². The van der Waals surface area contributed by atoms with Crippen molar-refractivity contribution in [3.05, 3.63) is 71.3 Å². The van der Waals surface area contributed by atoms with Gasteiger partial charge in [-0.2, -0.15) is 0 Å². The summed E-state index contributed by atoms with van der Waals surface area (Å²) >= 11 is 0. The van der Waals surface area contributed by atoms with Crippen LogP contribution in [0.1, 0.15) is 138 Å². The zero-order chi connectivity index (χ0) is 31.5. The summed E-state index contributed by atoms with van der Waals surface area (Å²) in [6.07, 6.45) is 5.64. The third kappa shape index (κ3) is 33.7. The van der Waals surface area contributed by atoms with Crippen molar-refractivity contribution in [3.8, 4) is 5.75 Å². The minimum absolute atomic E-state index is 0.306. The maximum atomic E-state index is 9.97. The number of carbonyl (C=O) groups excluding carboxylic acids is 1. The highest BCUT2D eigenvalue weighted by atomic mass is 16.3. The van der Waals surface area contributed by atoms with Crippen LogP contribution in [0.2, 0.25) is 0 Å². The third-order valence-corrected chi connectivity index (χ3v) is 4.78. The van der Waals surface area contributed by atoms with E-state index in [1.54, 1.807) is 6.07 Å².